The molecule has 0 radical (unpaired) electrons. The minimum absolute atomic E-state index is 0.338. The van der Waals surface area contributed by atoms with Crippen molar-refractivity contribution in [2.45, 2.75) is 47.0 Å². The van der Waals surface area contributed by atoms with Crippen LogP contribution in [0.15, 0.2) is 80.7 Å². The van der Waals surface area contributed by atoms with Gasteiger partial charge in [-0.2, -0.15) is 0 Å². The maximum Gasteiger partial charge on any atom is 0.124 e. The van der Waals surface area contributed by atoms with E-state index in [4.69, 9.17) is 32.7 Å². The first kappa shape index (κ1) is 30.2. The van der Waals surface area contributed by atoms with Crippen LogP contribution in [0, 0.1) is 12.3 Å². The van der Waals surface area contributed by atoms with E-state index >= 15 is 0 Å². The fourth-order valence-corrected chi connectivity index (χ4v) is 4.87. The normalized spacial score (nSPS) is 12.9. The van der Waals surface area contributed by atoms with Crippen molar-refractivity contribution in [3.8, 4) is 18.1 Å². The number of anilines is 1. The zero-order valence-electron chi connectivity index (χ0n) is 23.2. The number of aliphatic imine (C=N–C) groups is 2. The molecule has 0 amide bonds. The van der Waals surface area contributed by atoms with Crippen LogP contribution in [0.4, 0.5) is 5.69 Å². The van der Waals surface area contributed by atoms with Gasteiger partial charge in [-0.15, -0.1) is 6.42 Å². The number of fused-ring (bicyclic) bond motifs is 1. The van der Waals surface area contributed by atoms with E-state index in [1.165, 1.54) is 12.0 Å². The Bertz CT molecular complexity index is 1450. The van der Waals surface area contributed by atoms with Gasteiger partial charge < -0.3 is 10.1 Å². The highest BCUT2D eigenvalue weighted by Crippen LogP contribution is 2.33. The van der Waals surface area contributed by atoms with Crippen LogP contribution in [0.3, 0.4) is 0 Å². The van der Waals surface area contributed by atoms with Gasteiger partial charge in [0.2, 0.25) is 0 Å². The number of halogens is 2. The Labute approximate surface area is 246 Å². The topological polar surface area (TPSA) is 46.0 Å². The average molecular weight is 605 g/mol. The standard InChI is InChI=1S/C30H27BrClN3O.C3H8/c1-5-9-21-12-14-23(17-28(21)36-4)34-19(3)35-29-20(6-2)18-33-30(25-10-7-8-11-27(25)31)26-16-22(32)13-15-24(26)29;1-3-2/h2,7-8,10-17H,5,9,18H2,1,3-4H3,(H,34,35);3H2,1-2H3. The van der Waals surface area contributed by atoms with Crippen molar-refractivity contribution in [2.24, 2.45) is 9.98 Å². The molecular formula is C33H35BrClN3O. The van der Waals surface area contributed by atoms with Gasteiger partial charge in [-0.05, 0) is 43.2 Å². The number of hydrogen-bond donors (Lipinski definition) is 1. The van der Waals surface area contributed by atoms with E-state index < -0.39 is 0 Å². The number of ether oxygens (including phenoxy) is 1. The third-order valence-electron chi connectivity index (χ3n) is 5.89. The molecule has 1 N–H and O–H groups in total. The summed E-state index contributed by atoms with van der Waals surface area (Å²) in [5.41, 5.74) is 7.05. The summed E-state index contributed by atoms with van der Waals surface area (Å²) < 4.78 is 6.54. The van der Waals surface area contributed by atoms with Crippen molar-refractivity contribution in [1.29, 1.82) is 0 Å². The first-order chi connectivity index (χ1) is 18.9. The van der Waals surface area contributed by atoms with Gasteiger partial charge >= 0.3 is 0 Å². The molecule has 0 fully saturated rings. The number of amidine groups is 1. The predicted octanol–water partition coefficient (Wildman–Crippen LogP) is 9.21. The molecule has 4 rings (SSSR count). The van der Waals surface area contributed by atoms with E-state index in [9.17, 15) is 0 Å². The zero-order chi connectivity index (χ0) is 28.4. The molecule has 0 bridgehead atoms. The van der Waals surface area contributed by atoms with E-state index in [1.54, 1.807) is 7.11 Å². The van der Waals surface area contributed by atoms with Crippen LogP contribution in [0.5, 0.6) is 5.75 Å². The number of nitrogens with one attached hydrogen (secondary N) is 1. The first-order valence-electron chi connectivity index (χ1n) is 13.1. The largest absolute Gasteiger partial charge is 0.496 e. The smallest absolute Gasteiger partial charge is 0.124 e. The van der Waals surface area contributed by atoms with Crippen LogP contribution < -0.4 is 10.1 Å². The molecule has 0 spiro atoms. The number of methoxy groups -OCH3 is 1. The van der Waals surface area contributed by atoms with Crippen LogP contribution in [0.2, 0.25) is 5.02 Å². The van der Waals surface area contributed by atoms with E-state index in [-0.39, 0.29) is 0 Å². The number of nitrogens with zero attached hydrogens (tertiary/aromatic N) is 2. The Morgan fingerprint density at radius 3 is 2.49 bits per heavy atom. The minimum atomic E-state index is 0.338. The Morgan fingerprint density at radius 2 is 1.82 bits per heavy atom. The van der Waals surface area contributed by atoms with Crippen molar-refractivity contribution in [3.63, 3.8) is 0 Å². The molecule has 202 valence electrons. The van der Waals surface area contributed by atoms with Crippen molar-refractivity contribution in [2.75, 3.05) is 19.0 Å². The summed E-state index contributed by atoms with van der Waals surface area (Å²) in [7, 11) is 1.69. The minimum Gasteiger partial charge on any atom is -0.496 e. The molecule has 1 aliphatic rings. The lowest BCUT2D eigenvalue weighted by atomic mass is 9.95. The molecule has 1 heterocycles. The van der Waals surface area contributed by atoms with E-state index in [2.05, 4.69) is 54.0 Å². The average Bonchev–Trinajstić information content (AvgIpc) is 3.06. The summed E-state index contributed by atoms with van der Waals surface area (Å²) in [5.74, 6) is 4.38. The molecule has 4 nitrogen and oxygen atoms in total. The maximum atomic E-state index is 6.43. The predicted molar refractivity (Wildman–Crippen MR) is 172 cm³/mol. The third-order valence-corrected chi connectivity index (χ3v) is 6.81. The maximum absolute atomic E-state index is 6.43. The summed E-state index contributed by atoms with van der Waals surface area (Å²) in [6.07, 6.45) is 9.23. The third kappa shape index (κ3) is 7.62. The summed E-state index contributed by atoms with van der Waals surface area (Å²) in [5, 5.41) is 4.01. The molecule has 1 aliphatic heterocycles. The molecular weight excluding hydrogens is 570 g/mol. The SMILES string of the molecule is C#CC1=C(N=C(C)Nc2ccc(CCC)c(OC)c2)c2ccc(Cl)cc2C(c2ccccc2Br)=NC1.CCC. The fraction of sp³-hybridized carbons (Fsp3) is 0.273. The summed E-state index contributed by atoms with van der Waals surface area (Å²) in [6.45, 7) is 8.66. The van der Waals surface area contributed by atoms with Crippen molar-refractivity contribution in [3.05, 3.63) is 98.0 Å². The molecule has 3 aromatic rings. The molecule has 0 unspecified atom stereocenters. The fourth-order valence-electron chi connectivity index (χ4n) is 4.23. The van der Waals surface area contributed by atoms with Gasteiger partial charge in [-0.25, -0.2) is 4.99 Å². The highest BCUT2D eigenvalue weighted by Gasteiger charge is 2.22. The highest BCUT2D eigenvalue weighted by atomic mass is 79.9. The van der Waals surface area contributed by atoms with Gasteiger partial charge in [0.15, 0.2) is 0 Å². The molecule has 3 aromatic carbocycles. The zero-order valence-corrected chi connectivity index (χ0v) is 25.6. The molecule has 0 aromatic heterocycles. The first-order valence-corrected chi connectivity index (χ1v) is 14.3. The number of terminal acetylenes is 1. The van der Waals surface area contributed by atoms with Gasteiger partial charge in [0.05, 0.1) is 25.1 Å². The number of rotatable bonds is 6. The van der Waals surface area contributed by atoms with E-state index in [1.807, 2.05) is 61.5 Å². The van der Waals surface area contributed by atoms with E-state index in [0.717, 1.165) is 51.2 Å². The quantitative estimate of drug-likeness (QED) is 0.173. The lowest BCUT2D eigenvalue weighted by molar-refractivity contribution is 0.409. The Hall–Kier alpha value is -3.33. The van der Waals surface area contributed by atoms with Gasteiger partial charge in [0.1, 0.15) is 11.6 Å². The van der Waals surface area contributed by atoms with Gasteiger partial charge in [-0.3, -0.25) is 4.99 Å². The summed E-state index contributed by atoms with van der Waals surface area (Å²) in [6, 6.07) is 19.8. The number of aryl methyl sites for hydroxylation is 1. The van der Waals surface area contributed by atoms with Crippen molar-refractivity contribution >= 4 is 50.5 Å². The van der Waals surface area contributed by atoms with Gasteiger partial charge in [-0.1, -0.05) is 97.4 Å². The lowest BCUT2D eigenvalue weighted by Gasteiger charge is -2.15. The monoisotopic (exact) mass is 603 g/mol. The molecule has 0 saturated carbocycles. The Morgan fingerprint density at radius 1 is 1.08 bits per heavy atom. The number of hydrogen-bond acceptors (Lipinski definition) is 3. The second kappa shape index (κ2) is 14.7. The molecule has 6 heteroatoms. The Kier molecular flexibility index (Phi) is 11.4. The molecule has 39 heavy (non-hydrogen) atoms. The van der Waals surface area contributed by atoms with Crippen LogP contribution in [-0.2, 0) is 6.42 Å². The van der Waals surface area contributed by atoms with Gasteiger partial charge in [0.25, 0.3) is 0 Å². The van der Waals surface area contributed by atoms with Crippen molar-refractivity contribution < 1.29 is 4.74 Å². The Balaban J connectivity index is 0.00000134. The highest BCUT2D eigenvalue weighted by molar-refractivity contribution is 9.10. The van der Waals surface area contributed by atoms with Crippen LogP contribution >= 0.6 is 27.5 Å². The second-order valence-corrected chi connectivity index (χ2v) is 10.4. The van der Waals surface area contributed by atoms with E-state index in [0.29, 0.717) is 28.7 Å². The summed E-state index contributed by atoms with van der Waals surface area (Å²) in [4.78, 5) is 9.85. The van der Waals surface area contributed by atoms with Crippen molar-refractivity contribution in [1.82, 2.24) is 0 Å². The molecule has 0 atom stereocenters. The van der Waals surface area contributed by atoms with Gasteiger partial charge in [0, 0.05) is 43.5 Å². The summed E-state index contributed by atoms with van der Waals surface area (Å²) >= 11 is 10.1. The lowest BCUT2D eigenvalue weighted by Crippen LogP contribution is -2.10. The number of benzene rings is 3. The van der Waals surface area contributed by atoms with Crippen LogP contribution in [0.1, 0.15) is 62.8 Å². The molecule has 0 saturated heterocycles. The molecule has 0 aliphatic carbocycles. The van der Waals surface area contributed by atoms with Crippen LogP contribution in [-0.4, -0.2) is 25.2 Å². The van der Waals surface area contributed by atoms with Crippen LogP contribution in [0.25, 0.3) is 5.70 Å². The second-order valence-electron chi connectivity index (χ2n) is 9.11.